The van der Waals surface area contributed by atoms with E-state index in [9.17, 15) is 9.18 Å². The number of halogens is 1. The number of carbonyl (C=O) groups is 1. The van der Waals surface area contributed by atoms with Crippen molar-refractivity contribution in [2.75, 3.05) is 0 Å². The Morgan fingerprint density at radius 2 is 1.92 bits per heavy atom. The summed E-state index contributed by atoms with van der Waals surface area (Å²) in [6, 6.07) is 0. The maximum atomic E-state index is 10.8. The first-order valence-electron chi connectivity index (χ1n) is 3.90. The number of hydrogen-bond donors (Lipinski definition) is 0. The Morgan fingerprint density at radius 1 is 1.58 bits per heavy atom. The second-order valence-electron chi connectivity index (χ2n) is 2.57. The Balaban J connectivity index is 0. The molecule has 0 saturated heterocycles. The molecule has 0 bridgehead atoms. The maximum Gasteiger partial charge on any atom is 0.305 e. The molecule has 0 atom stereocenters. The molecular formula is C9H17FO2. The van der Waals surface area contributed by atoms with Crippen molar-refractivity contribution in [3.8, 4) is 0 Å². The van der Waals surface area contributed by atoms with Gasteiger partial charge in [-0.15, -0.1) is 0 Å². The Kier molecular flexibility index (Phi) is 9.41. The van der Waals surface area contributed by atoms with E-state index in [4.69, 9.17) is 4.74 Å². The molecule has 72 valence electrons. The summed E-state index contributed by atoms with van der Waals surface area (Å²) in [5.41, 5.74) is 0. The SMILES string of the molecule is C=C(C)F.CCC(=O)OC(C)C. The molecule has 0 saturated carbocycles. The van der Waals surface area contributed by atoms with Crippen LogP contribution in [-0.2, 0) is 9.53 Å². The van der Waals surface area contributed by atoms with Gasteiger partial charge in [-0.3, -0.25) is 4.79 Å². The summed E-state index contributed by atoms with van der Waals surface area (Å²) in [5, 5.41) is 0. The molecule has 0 aliphatic carbocycles. The van der Waals surface area contributed by atoms with Crippen molar-refractivity contribution in [1.82, 2.24) is 0 Å². The summed E-state index contributed by atoms with van der Waals surface area (Å²) in [7, 11) is 0. The molecule has 0 aromatic heterocycles. The lowest BCUT2D eigenvalue weighted by atomic mass is 10.4. The smallest absolute Gasteiger partial charge is 0.305 e. The van der Waals surface area contributed by atoms with E-state index in [1.54, 1.807) is 6.92 Å². The zero-order chi connectivity index (χ0) is 10.1. The van der Waals surface area contributed by atoms with Gasteiger partial charge in [0.05, 0.1) is 11.9 Å². The Bertz CT molecular complexity index is 137. The normalized spacial score (nSPS) is 8.50. The quantitative estimate of drug-likeness (QED) is 0.605. The molecule has 12 heavy (non-hydrogen) atoms. The van der Waals surface area contributed by atoms with Gasteiger partial charge in [0.15, 0.2) is 0 Å². The maximum absolute atomic E-state index is 10.8. The van der Waals surface area contributed by atoms with Crippen LogP contribution < -0.4 is 0 Å². The Labute approximate surface area is 73.4 Å². The van der Waals surface area contributed by atoms with Crippen LogP contribution >= 0.6 is 0 Å². The molecular weight excluding hydrogens is 159 g/mol. The van der Waals surface area contributed by atoms with E-state index in [0.717, 1.165) is 0 Å². The third-order valence-corrected chi connectivity index (χ3v) is 0.656. The number of carbonyl (C=O) groups excluding carboxylic acids is 1. The van der Waals surface area contributed by atoms with Crippen molar-refractivity contribution in [1.29, 1.82) is 0 Å². The van der Waals surface area contributed by atoms with E-state index in [1.165, 1.54) is 6.92 Å². The summed E-state index contributed by atoms with van der Waals surface area (Å²) in [4.78, 5) is 10.4. The van der Waals surface area contributed by atoms with Gasteiger partial charge in [0.2, 0.25) is 0 Å². The number of esters is 1. The summed E-state index contributed by atoms with van der Waals surface area (Å²) >= 11 is 0. The highest BCUT2D eigenvalue weighted by Crippen LogP contribution is 1.90. The summed E-state index contributed by atoms with van der Waals surface area (Å²) < 4.78 is 15.6. The highest BCUT2D eigenvalue weighted by Gasteiger charge is 1.98. The van der Waals surface area contributed by atoms with Crippen LogP contribution in [0.5, 0.6) is 0 Å². The van der Waals surface area contributed by atoms with Crippen LogP contribution in [0, 0.1) is 0 Å². The standard InChI is InChI=1S/C6H12O2.C3H5F/c1-4-6(7)8-5(2)3;1-3(2)4/h5H,4H2,1-3H3;1H2,2H3. The first kappa shape index (κ1) is 13.7. The Morgan fingerprint density at radius 3 is 2.00 bits per heavy atom. The fraction of sp³-hybridized carbons (Fsp3) is 0.667. The molecule has 0 unspecified atom stereocenters. The molecule has 0 amide bonds. The van der Waals surface area contributed by atoms with Gasteiger partial charge in [0, 0.05) is 6.42 Å². The number of ether oxygens (including phenoxy) is 1. The predicted molar refractivity (Wildman–Crippen MR) is 47.4 cm³/mol. The van der Waals surface area contributed by atoms with Gasteiger partial charge in [0.25, 0.3) is 0 Å². The molecule has 0 aliphatic rings. The van der Waals surface area contributed by atoms with Crippen LogP contribution in [0.2, 0.25) is 0 Å². The summed E-state index contributed by atoms with van der Waals surface area (Å²) in [6.07, 6.45) is 0.500. The van der Waals surface area contributed by atoms with E-state index in [-0.39, 0.29) is 17.9 Å². The summed E-state index contributed by atoms with van der Waals surface area (Å²) in [5.74, 6) is -0.458. The topological polar surface area (TPSA) is 26.3 Å². The first-order valence-corrected chi connectivity index (χ1v) is 3.90. The van der Waals surface area contributed by atoms with Crippen molar-refractivity contribution < 1.29 is 13.9 Å². The highest BCUT2D eigenvalue weighted by molar-refractivity contribution is 5.68. The fourth-order valence-corrected chi connectivity index (χ4v) is 0.346. The first-order chi connectivity index (χ1) is 5.40. The minimum absolute atomic E-state index is 0.0300. The molecule has 0 spiro atoms. The minimum Gasteiger partial charge on any atom is -0.463 e. The van der Waals surface area contributed by atoms with Gasteiger partial charge in [-0.25, -0.2) is 4.39 Å². The van der Waals surface area contributed by atoms with Crippen molar-refractivity contribution >= 4 is 5.97 Å². The van der Waals surface area contributed by atoms with Gasteiger partial charge in [-0.2, -0.15) is 0 Å². The van der Waals surface area contributed by atoms with Crippen molar-refractivity contribution in [2.45, 2.75) is 40.2 Å². The molecule has 0 N–H and O–H groups in total. The third-order valence-electron chi connectivity index (χ3n) is 0.656. The Hall–Kier alpha value is -0.860. The molecule has 0 radical (unpaired) electrons. The molecule has 0 heterocycles. The molecule has 0 aromatic carbocycles. The lowest BCUT2D eigenvalue weighted by Crippen LogP contribution is -2.09. The van der Waals surface area contributed by atoms with Crippen LogP contribution in [-0.4, -0.2) is 12.1 Å². The van der Waals surface area contributed by atoms with Crippen LogP contribution in [0.3, 0.4) is 0 Å². The van der Waals surface area contributed by atoms with Gasteiger partial charge < -0.3 is 4.74 Å². The van der Waals surface area contributed by atoms with Crippen molar-refractivity contribution in [3.63, 3.8) is 0 Å². The zero-order valence-corrected chi connectivity index (χ0v) is 8.19. The molecule has 2 nitrogen and oxygen atoms in total. The average Bonchev–Trinajstić information content (AvgIpc) is 1.84. The molecule has 0 aliphatic heterocycles. The van der Waals surface area contributed by atoms with Gasteiger partial charge in [-0.1, -0.05) is 13.5 Å². The van der Waals surface area contributed by atoms with E-state index >= 15 is 0 Å². The number of allylic oxidation sites excluding steroid dienone is 1. The van der Waals surface area contributed by atoms with Crippen molar-refractivity contribution in [2.24, 2.45) is 0 Å². The van der Waals surface area contributed by atoms with E-state index in [0.29, 0.717) is 6.42 Å². The van der Waals surface area contributed by atoms with Gasteiger partial charge >= 0.3 is 5.97 Å². The lowest BCUT2D eigenvalue weighted by Gasteiger charge is -2.04. The van der Waals surface area contributed by atoms with Crippen LogP contribution in [0.15, 0.2) is 12.4 Å². The van der Waals surface area contributed by atoms with E-state index in [2.05, 4.69) is 6.58 Å². The minimum atomic E-state index is -0.333. The molecule has 0 rings (SSSR count). The molecule has 0 fully saturated rings. The lowest BCUT2D eigenvalue weighted by molar-refractivity contribution is -0.146. The van der Waals surface area contributed by atoms with Crippen LogP contribution in [0.1, 0.15) is 34.1 Å². The molecule has 3 heteroatoms. The van der Waals surface area contributed by atoms with Crippen LogP contribution in [0.4, 0.5) is 4.39 Å². The molecule has 0 aromatic rings. The largest absolute Gasteiger partial charge is 0.463 e. The highest BCUT2D eigenvalue weighted by atomic mass is 19.1. The fourth-order valence-electron chi connectivity index (χ4n) is 0.346. The monoisotopic (exact) mass is 176 g/mol. The summed E-state index contributed by atoms with van der Waals surface area (Å²) in [6.45, 7) is 9.66. The number of hydrogen-bond acceptors (Lipinski definition) is 2. The third kappa shape index (κ3) is 22.9. The van der Waals surface area contributed by atoms with Gasteiger partial charge in [0.1, 0.15) is 0 Å². The zero-order valence-electron chi connectivity index (χ0n) is 8.19. The second-order valence-corrected chi connectivity index (χ2v) is 2.57. The average molecular weight is 176 g/mol. The van der Waals surface area contributed by atoms with E-state index < -0.39 is 0 Å². The number of rotatable bonds is 2. The van der Waals surface area contributed by atoms with Gasteiger partial charge in [-0.05, 0) is 20.8 Å². The van der Waals surface area contributed by atoms with Crippen molar-refractivity contribution in [3.05, 3.63) is 12.4 Å². The second kappa shape index (κ2) is 8.24. The van der Waals surface area contributed by atoms with E-state index in [1.807, 2.05) is 13.8 Å². The predicted octanol–water partition coefficient (Wildman–Crippen LogP) is 2.84. The van der Waals surface area contributed by atoms with Crippen LogP contribution in [0.25, 0.3) is 0 Å².